The average molecular weight is 628 g/mol. The van der Waals surface area contributed by atoms with Crippen LogP contribution in [0.3, 0.4) is 0 Å². The Labute approximate surface area is 251 Å². The second kappa shape index (κ2) is 14.6. The van der Waals surface area contributed by atoms with Gasteiger partial charge in [-0.15, -0.1) is 0 Å². The normalized spacial score (nSPS) is 14.4. The van der Waals surface area contributed by atoms with Crippen LogP contribution in [0.1, 0.15) is 58.1 Å². The summed E-state index contributed by atoms with van der Waals surface area (Å²) in [6.07, 6.45) is 5.36. The molecule has 0 saturated carbocycles. The summed E-state index contributed by atoms with van der Waals surface area (Å²) in [6.45, 7) is 8.61. The molecule has 3 aromatic rings. The molecule has 0 spiro atoms. The topological polar surface area (TPSA) is 85.9 Å². The predicted molar refractivity (Wildman–Crippen MR) is 161 cm³/mol. The first kappa shape index (κ1) is 32.3. The summed E-state index contributed by atoms with van der Waals surface area (Å²) in [6, 6.07) is 22.7. The van der Waals surface area contributed by atoms with Crippen molar-refractivity contribution in [3.05, 3.63) is 96.3 Å². The van der Waals surface area contributed by atoms with Gasteiger partial charge in [-0.3, -0.25) is 9.59 Å². The average Bonchev–Trinajstić information content (AvgIpc) is 2.95. The molecule has 7 nitrogen and oxygen atoms in total. The van der Waals surface area contributed by atoms with E-state index in [4.69, 9.17) is 14.2 Å². The summed E-state index contributed by atoms with van der Waals surface area (Å²) < 4.78 is 17.8. The largest absolute Gasteiger partial charge is 0.493 e. The van der Waals surface area contributed by atoms with Gasteiger partial charge in [0.15, 0.2) is 18.9 Å². The minimum absolute atomic E-state index is 0.198. The third-order valence-corrected chi connectivity index (χ3v) is 7.47. The minimum atomic E-state index is -1.11. The molecule has 0 saturated heterocycles. The Morgan fingerprint density at radius 2 is 1.32 bits per heavy atom. The zero-order valence-corrected chi connectivity index (χ0v) is 25.9. The summed E-state index contributed by atoms with van der Waals surface area (Å²) in [5.74, 6) is -0.120. The highest BCUT2D eigenvalue weighted by Crippen LogP contribution is 2.36. The molecule has 2 unspecified atom stereocenters. The Kier molecular flexibility index (Phi) is 11.5. The Hall–Kier alpha value is -3.23. The van der Waals surface area contributed by atoms with Gasteiger partial charge in [-0.1, -0.05) is 64.5 Å². The molecule has 0 radical (unpaired) electrons. The van der Waals surface area contributed by atoms with E-state index in [0.29, 0.717) is 31.8 Å². The second-order valence-electron chi connectivity index (χ2n) is 11.2. The van der Waals surface area contributed by atoms with Gasteiger partial charge < -0.3 is 19.3 Å². The third kappa shape index (κ3) is 9.68. The number of halogens is 1. The highest BCUT2D eigenvalue weighted by molar-refractivity contribution is 9.10. The van der Waals surface area contributed by atoms with E-state index in [0.717, 1.165) is 17.7 Å². The number of aromatic nitrogens is 1. The van der Waals surface area contributed by atoms with Crippen LogP contribution in [0.4, 0.5) is 0 Å². The number of aliphatic hydroxyl groups is 1. The maximum atomic E-state index is 12.8. The van der Waals surface area contributed by atoms with Crippen LogP contribution in [0.2, 0.25) is 0 Å². The molecule has 8 heteroatoms. The van der Waals surface area contributed by atoms with Crippen LogP contribution in [0.15, 0.2) is 85.2 Å². The number of carbonyl (C=O) groups is 2. The highest BCUT2D eigenvalue weighted by atomic mass is 79.9. The second-order valence-corrected chi connectivity index (χ2v) is 12.9. The quantitative estimate of drug-likeness (QED) is 0.100. The summed E-state index contributed by atoms with van der Waals surface area (Å²) in [7, 11) is 0. The predicted octanol–water partition coefficient (Wildman–Crippen LogP) is 5.75. The molecular formula is C33H41BrNO6+. The fraction of sp³-hybridized carbons (Fsp3) is 0.424. The van der Waals surface area contributed by atoms with Gasteiger partial charge in [-0.2, -0.15) is 0 Å². The highest BCUT2D eigenvalue weighted by Gasteiger charge is 2.42. The number of nitrogens with zero attached hydrogens (tertiary/aromatic N) is 1. The number of hydrogen-bond donors (Lipinski definition) is 1. The first-order valence-electron chi connectivity index (χ1n) is 13.9. The number of aryl methyl sites for hydroxylation is 1. The molecule has 2 aromatic carbocycles. The van der Waals surface area contributed by atoms with E-state index in [2.05, 4.69) is 15.9 Å². The van der Waals surface area contributed by atoms with Gasteiger partial charge in [0.25, 0.3) is 0 Å². The lowest BCUT2D eigenvalue weighted by molar-refractivity contribution is -0.697. The lowest BCUT2D eigenvalue weighted by atomic mass is 9.83. The van der Waals surface area contributed by atoms with Crippen LogP contribution in [-0.4, -0.2) is 41.2 Å². The van der Waals surface area contributed by atoms with Crippen molar-refractivity contribution >= 4 is 27.9 Å². The molecule has 3 rings (SSSR count). The van der Waals surface area contributed by atoms with Crippen LogP contribution in [0.5, 0.6) is 5.75 Å². The molecule has 41 heavy (non-hydrogen) atoms. The van der Waals surface area contributed by atoms with E-state index in [9.17, 15) is 14.7 Å². The van der Waals surface area contributed by atoms with Gasteiger partial charge in [0, 0.05) is 25.0 Å². The molecule has 2 atom stereocenters. The first-order valence-corrected chi connectivity index (χ1v) is 14.7. The number of carbonyl (C=O) groups excluding carboxylic acids is 2. The van der Waals surface area contributed by atoms with Gasteiger partial charge in [0.05, 0.1) is 25.2 Å². The zero-order chi connectivity index (χ0) is 29.9. The Bertz CT molecular complexity index is 1240. The number of pyridine rings is 1. The molecule has 1 aromatic heterocycles. The Morgan fingerprint density at radius 1 is 0.756 bits per heavy atom. The van der Waals surface area contributed by atoms with E-state index in [1.54, 1.807) is 27.7 Å². The lowest BCUT2D eigenvalue weighted by Crippen LogP contribution is -2.40. The van der Waals surface area contributed by atoms with Crippen LogP contribution in [0, 0.1) is 5.41 Å². The third-order valence-electron chi connectivity index (χ3n) is 6.87. The number of benzene rings is 2. The van der Waals surface area contributed by atoms with Crippen molar-refractivity contribution < 1.29 is 33.5 Å². The molecule has 0 amide bonds. The molecule has 0 fully saturated rings. The maximum Gasteiger partial charge on any atom is 0.322 e. The molecular weight excluding hydrogens is 586 g/mol. The van der Waals surface area contributed by atoms with E-state index >= 15 is 0 Å². The van der Waals surface area contributed by atoms with Crippen molar-refractivity contribution in [1.29, 1.82) is 0 Å². The van der Waals surface area contributed by atoms with Crippen LogP contribution in [0.25, 0.3) is 0 Å². The number of ether oxygens (including phenoxy) is 3. The van der Waals surface area contributed by atoms with Crippen LogP contribution in [-0.2, 0) is 31.2 Å². The first-order chi connectivity index (χ1) is 19.4. The van der Waals surface area contributed by atoms with Crippen molar-refractivity contribution in [2.45, 2.75) is 63.4 Å². The summed E-state index contributed by atoms with van der Waals surface area (Å²) in [5, 5.41) is 11.0. The zero-order valence-electron chi connectivity index (χ0n) is 24.3. The van der Waals surface area contributed by atoms with Crippen molar-refractivity contribution in [2.75, 3.05) is 19.8 Å². The summed E-state index contributed by atoms with van der Waals surface area (Å²) >= 11 is 3.47. The standard InChI is InChI=1S/C33H41BrNO6/c1-31(2,25-32(3,34)30(37)41-22-11-21-35-19-9-6-10-20-35)29(36)40-24-12-23-39-28-17-15-27(16-18-28)33(4,38)26-13-7-5-8-14-26/h5-10,13-20,38H,11-12,21-25H2,1-4H3/q+1. The number of hydrogen-bond acceptors (Lipinski definition) is 6. The SMILES string of the molecule is CC(C)(CC(C)(Br)C(=O)OCCC[n+]1ccccc1)C(=O)OCCCOc1ccc(C(C)(O)c2ccccc2)cc1. The smallest absolute Gasteiger partial charge is 0.322 e. The molecule has 0 bridgehead atoms. The molecule has 1 N–H and O–H groups in total. The Morgan fingerprint density at radius 3 is 1.98 bits per heavy atom. The van der Waals surface area contributed by atoms with Gasteiger partial charge in [0.2, 0.25) is 0 Å². The van der Waals surface area contributed by atoms with E-state index in [1.807, 2.05) is 89.8 Å². The summed E-state index contributed by atoms with van der Waals surface area (Å²) in [4.78, 5) is 25.5. The van der Waals surface area contributed by atoms with Gasteiger partial charge in [0.1, 0.15) is 15.7 Å². The fourth-order valence-corrected chi connectivity index (χ4v) is 5.35. The molecule has 0 aliphatic carbocycles. The van der Waals surface area contributed by atoms with E-state index in [1.165, 1.54) is 0 Å². The fourth-order valence-electron chi connectivity index (χ4n) is 4.53. The Balaban J connectivity index is 1.37. The molecule has 0 aliphatic heterocycles. The van der Waals surface area contributed by atoms with Crippen molar-refractivity contribution in [1.82, 2.24) is 0 Å². The van der Waals surface area contributed by atoms with E-state index < -0.39 is 21.3 Å². The van der Waals surface area contributed by atoms with Crippen molar-refractivity contribution in [3.63, 3.8) is 0 Å². The van der Waals surface area contributed by atoms with Crippen molar-refractivity contribution in [2.24, 2.45) is 5.41 Å². The van der Waals surface area contributed by atoms with Crippen molar-refractivity contribution in [3.8, 4) is 5.75 Å². The molecule has 220 valence electrons. The minimum Gasteiger partial charge on any atom is -0.493 e. The number of esters is 2. The summed E-state index contributed by atoms with van der Waals surface area (Å²) in [5.41, 5.74) is -0.428. The van der Waals surface area contributed by atoms with Gasteiger partial charge in [-0.05, 0) is 57.4 Å². The lowest BCUT2D eigenvalue weighted by Gasteiger charge is -2.30. The van der Waals surface area contributed by atoms with Gasteiger partial charge >= 0.3 is 11.9 Å². The van der Waals surface area contributed by atoms with Gasteiger partial charge in [-0.25, -0.2) is 4.57 Å². The number of rotatable bonds is 15. The van der Waals surface area contributed by atoms with Crippen LogP contribution >= 0.6 is 15.9 Å². The number of alkyl halides is 1. The van der Waals surface area contributed by atoms with Crippen LogP contribution < -0.4 is 9.30 Å². The monoisotopic (exact) mass is 626 g/mol. The molecule has 0 aliphatic rings. The molecule has 1 heterocycles. The maximum absolute atomic E-state index is 12.8. The van der Waals surface area contributed by atoms with E-state index in [-0.39, 0.29) is 19.0 Å².